The van der Waals surface area contributed by atoms with E-state index in [1.807, 2.05) is 25.3 Å². The number of nitrogens with zero attached hydrogens (tertiary/aromatic N) is 5. The summed E-state index contributed by atoms with van der Waals surface area (Å²) in [4.78, 5) is 24.2. The molecule has 5 rings (SSSR count). The number of ether oxygens (including phenoxy) is 2. The molecule has 0 aromatic carbocycles. The van der Waals surface area contributed by atoms with Crippen molar-refractivity contribution in [3.8, 4) is 5.75 Å². The minimum Gasteiger partial charge on any atom is -0.487 e. The maximum absolute atomic E-state index is 13.1. The molecule has 2 aromatic rings. The number of thiocarbonyl (C=S) groups is 1. The molecule has 0 saturated carbocycles. The average Bonchev–Trinajstić information content (AvgIpc) is 3.21. The van der Waals surface area contributed by atoms with Gasteiger partial charge < -0.3 is 19.7 Å². The fourth-order valence-electron chi connectivity index (χ4n) is 4.22. The van der Waals surface area contributed by atoms with E-state index in [1.54, 1.807) is 21.8 Å². The molecule has 32 heavy (non-hydrogen) atoms. The van der Waals surface area contributed by atoms with Crippen LogP contribution in [0.5, 0.6) is 5.75 Å². The Hall–Kier alpha value is -3.11. The van der Waals surface area contributed by atoms with E-state index in [-0.39, 0.29) is 24.0 Å². The zero-order valence-electron chi connectivity index (χ0n) is 17.9. The summed E-state index contributed by atoms with van der Waals surface area (Å²) >= 11 is 5.60. The van der Waals surface area contributed by atoms with Gasteiger partial charge in [0.05, 0.1) is 13.2 Å². The number of amides is 1. The highest BCUT2D eigenvalue weighted by Crippen LogP contribution is 2.43. The van der Waals surface area contributed by atoms with Gasteiger partial charge in [-0.15, -0.1) is 5.10 Å². The van der Waals surface area contributed by atoms with Crippen LogP contribution >= 0.6 is 12.2 Å². The number of nitrogens with one attached hydrogen (secondary N) is 1. The monoisotopic (exact) mass is 452 g/mol. The Labute approximate surface area is 191 Å². The first-order chi connectivity index (χ1) is 15.5. The topological polar surface area (TPSA) is 94.4 Å². The molecule has 1 unspecified atom stereocenters. The van der Waals surface area contributed by atoms with Gasteiger partial charge in [0.2, 0.25) is 5.82 Å². The molecule has 0 saturated heterocycles. The second-order valence-corrected chi connectivity index (χ2v) is 8.74. The number of likely N-dealkylation sites (N-methyl/N-ethyl adjacent to an activating group) is 1. The molecule has 0 spiro atoms. The Morgan fingerprint density at radius 3 is 3.06 bits per heavy atom. The summed E-state index contributed by atoms with van der Waals surface area (Å²) in [6.07, 6.45) is 10.5. The van der Waals surface area contributed by atoms with Crippen molar-refractivity contribution in [3.63, 3.8) is 0 Å². The van der Waals surface area contributed by atoms with Crippen molar-refractivity contribution in [3.05, 3.63) is 54.3 Å². The third kappa shape index (κ3) is 3.59. The zero-order chi connectivity index (χ0) is 22.3. The van der Waals surface area contributed by atoms with Gasteiger partial charge in [-0.1, -0.05) is 43.4 Å². The summed E-state index contributed by atoms with van der Waals surface area (Å²) in [6.45, 7) is 3.40. The minimum atomic E-state index is -0.520. The molecule has 0 bridgehead atoms. The third-order valence-corrected chi connectivity index (χ3v) is 6.57. The molecule has 4 heterocycles. The molecule has 1 amide bonds. The second-order valence-electron chi connectivity index (χ2n) is 8.32. The van der Waals surface area contributed by atoms with Gasteiger partial charge in [0.25, 0.3) is 5.91 Å². The van der Waals surface area contributed by atoms with E-state index in [9.17, 15) is 4.79 Å². The number of rotatable bonds is 3. The number of hydrogen-bond donors (Lipinski definition) is 1. The summed E-state index contributed by atoms with van der Waals surface area (Å²) in [7, 11) is 1.81. The highest BCUT2D eigenvalue weighted by molar-refractivity contribution is 7.80. The highest BCUT2D eigenvalue weighted by Gasteiger charge is 2.40. The Bertz CT molecular complexity index is 1130. The summed E-state index contributed by atoms with van der Waals surface area (Å²) < 4.78 is 13.7. The van der Waals surface area contributed by atoms with E-state index in [2.05, 4.69) is 39.5 Å². The van der Waals surface area contributed by atoms with Crippen molar-refractivity contribution in [1.82, 2.24) is 25.1 Å². The number of allylic oxidation sites excluding steroid dienone is 3. The largest absolute Gasteiger partial charge is 0.487 e. The molecule has 2 aliphatic heterocycles. The van der Waals surface area contributed by atoms with Crippen molar-refractivity contribution < 1.29 is 14.3 Å². The summed E-state index contributed by atoms with van der Waals surface area (Å²) in [5.41, 5.74) is -0.244. The molecule has 3 atom stereocenters. The molecule has 1 N–H and O–H groups in total. The molecule has 9 nitrogen and oxygen atoms in total. The lowest BCUT2D eigenvalue weighted by atomic mass is 9.78. The maximum atomic E-state index is 13.1. The van der Waals surface area contributed by atoms with Gasteiger partial charge in [-0.3, -0.25) is 4.79 Å². The highest BCUT2D eigenvalue weighted by atomic mass is 32.1. The number of carbonyl (C=O) groups is 1. The van der Waals surface area contributed by atoms with Gasteiger partial charge in [-0.2, -0.15) is 0 Å². The predicted molar refractivity (Wildman–Crippen MR) is 122 cm³/mol. The average molecular weight is 453 g/mol. The van der Waals surface area contributed by atoms with E-state index in [0.29, 0.717) is 35.5 Å². The standard InChI is InChI=1S/C22H24N6O3S/c1-22(8-4-3-5-9-22)16-19-25-17(26-28(19)11-12-30-16)20(29)24-14-13-31-15-7-6-10-23-18(15)27(2)21(14)32/h3-8,10,14,16H,9,11-13H2,1-2H3,(H,24,29)/t14-,16+,22?/m0/s1. The van der Waals surface area contributed by atoms with Crippen molar-refractivity contribution in [2.45, 2.75) is 32.0 Å². The van der Waals surface area contributed by atoms with Crippen molar-refractivity contribution in [2.75, 3.05) is 25.2 Å². The van der Waals surface area contributed by atoms with Gasteiger partial charge in [0, 0.05) is 18.7 Å². The molecule has 10 heteroatoms. The zero-order valence-corrected chi connectivity index (χ0v) is 18.7. The number of carbonyl (C=O) groups excluding carboxylic acids is 1. The molecule has 2 aromatic heterocycles. The first-order valence-electron chi connectivity index (χ1n) is 10.5. The summed E-state index contributed by atoms with van der Waals surface area (Å²) in [6, 6.07) is 3.10. The Kier molecular flexibility index (Phi) is 5.26. The number of pyridine rings is 1. The predicted octanol–water partition coefficient (Wildman–Crippen LogP) is 2.22. The fraction of sp³-hybridized carbons (Fsp3) is 0.409. The minimum absolute atomic E-state index is 0.0970. The van der Waals surface area contributed by atoms with Gasteiger partial charge in [0.1, 0.15) is 23.7 Å². The van der Waals surface area contributed by atoms with Gasteiger partial charge in [-0.25, -0.2) is 14.6 Å². The van der Waals surface area contributed by atoms with Crippen LogP contribution in [0.2, 0.25) is 0 Å². The molecule has 166 valence electrons. The number of fused-ring (bicyclic) bond motifs is 2. The fourth-order valence-corrected chi connectivity index (χ4v) is 4.43. The van der Waals surface area contributed by atoms with Crippen LogP contribution in [0.4, 0.5) is 5.82 Å². The van der Waals surface area contributed by atoms with Crippen LogP contribution in [0.15, 0.2) is 42.6 Å². The lowest BCUT2D eigenvalue weighted by molar-refractivity contribution is -0.0459. The SMILES string of the molecule is CN1C(=S)[C@@H](NC(=O)c2nc3n(n2)CCO[C@H]3C2(C)C=CC=CC2)COc2cccnc21. The first kappa shape index (κ1) is 20.8. The third-order valence-electron chi connectivity index (χ3n) is 6.01. The van der Waals surface area contributed by atoms with Crippen LogP contribution in [0.25, 0.3) is 0 Å². The number of hydrogen-bond acceptors (Lipinski definition) is 7. The van der Waals surface area contributed by atoms with Crippen LogP contribution in [0, 0.1) is 5.41 Å². The van der Waals surface area contributed by atoms with E-state index >= 15 is 0 Å². The molecular weight excluding hydrogens is 428 g/mol. The van der Waals surface area contributed by atoms with E-state index in [4.69, 9.17) is 21.7 Å². The normalized spacial score (nSPS) is 26.7. The molecule has 0 fully saturated rings. The second kappa shape index (κ2) is 8.10. The van der Waals surface area contributed by atoms with Gasteiger partial charge in [-0.05, 0) is 18.6 Å². The summed E-state index contributed by atoms with van der Waals surface area (Å²) in [5, 5.41) is 7.39. The van der Waals surface area contributed by atoms with Crippen molar-refractivity contribution in [1.29, 1.82) is 0 Å². The molecule has 3 aliphatic rings. The smallest absolute Gasteiger partial charge is 0.291 e. The van der Waals surface area contributed by atoms with Crippen LogP contribution in [0.1, 0.15) is 35.9 Å². The Balaban J connectivity index is 1.36. The van der Waals surface area contributed by atoms with E-state index in [0.717, 1.165) is 6.42 Å². The summed E-state index contributed by atoms with van der Waals surface area (Å²) in [5.74, 6) is 1.59. The lowest BCUT2D eigenvalue weighted by Crippen LogP contribution is -2.48. The van der Waals surface area contributed by atoms with Gasteiger partial charge in [0.15, 0.2) is 17.4 Å². The lowest BCUT2D eigenvalue weighted by Gasteiger charge is -2.37. The Morgan fingerprint density at radius 2 is 2.25 bits per heavy atom. The first-order valence-corrected chi connectivity index (χ1v) is 10.9. The van der Waals surface area contributed by atoms with Crippen molar-refractivity contribution in [2.24, 2.45) is 5.41 Å². The van der Waals surface area contributed by atoms with Gasteiger partial charge >= 0.3 is 0 Å². The van der Waals surface area contributed by atoms with Crippen LogP contribution in [-0.4, -0.2) is 56.9 Å². The molecular formula is C22H24N6O3S. The Morgan fingerprint density at radius 1 is 1.38 bits per heavy atom. The van der Waals surface area contributed by atoms with Crippen LogP contribution < -0.4 is 15.0 Å². The van der Waals surface area contributed by atoms with E-state index in [1.165, 1.54) is 0 Å². The molecule has 0 radical (unpaired) electrons. The van der Waals surface area contributed by atoms with Crippen LogP contribution in [-0.2, 0) is 11.3 Å². The number of aromatic nitrogens is 4. The maximum Gasteiger partial charge on any atom is 0.291 e. The van der Waals surface area contributed by atoms with E-state index < -0.39 is 11.9 Å². The number of anilines is 1. The van der Waals surface area contributed by atoms with Crippen LogP contribution in [0.3, 0.4) is 0 Å². The quantitative estimate of drug-likeness (QED) is 0.709. The molecule has 1 aliphatic carbocycles. The van der Waals surface area contributed by atoms with Crippen molar-refractivity contribution >= 4 is 28.9 Å².